The van der Waals surface area contributed by atoms with Gasteiger partial charge in [0, 0.05) is 5.56 Å². The molecule has 4 nitrogen and oxygen atoms in total. The first-order valence-electron chi connectivity index (χ1n) is 7.16. The van der Waals surface area contributed by atoms with Crippen LogP contribution >= 0.6 is 0 Å². The summed E-state index contributed by atoms with van der Waals surface area (Å²) in [4.78, 5) is 0. The van der Waals surface area contributed by atoms with Gasteiger partial charge in [-0.1, -0.05) is 30.3 Å². The molecular weight excluding hydrogens is 276 g/mol. The van der Waals surface area contributed by atoms with Crippen molar-refractivity contribution < 1.29 is 9.15 Å². The van der Waals surface area contributed by atoms with Gasteiger partial charge >= 0.3 is 0 Å². The zero-order valence-corrected chi connectivity index (χ0v) is 11.8. The van der Waals surface area contributed by atoms with E-state index < -0.39 is 12.1 Å². The van der Waals surface area contributed by atoms with Gasteiger partial charge in [-0.15, -0.1) is 0 Å². The van der Waals surface area contributed by atoms with E-state index >= 15 is 0 Å². The number of ether oxygens (including phenoxy) is 1. The van der Waals surface area contributed by atoms with Crippen LogP contribution in [0.5, 0.6) is 5.75 Å². The Labute approximate surface area is 127 Å². The monoisotopic (exact) mass is 290 g/mol. The predicted octanol–water partition coefficient (Wildman–Crippen LogP) is 3.38. The van der Waals surface area contributed by atoms with E-state index in [1.165, 1.54) is 0 Å². The van der Waals surface area contributed by atoms with Crippen LogP contribution < -0.4 is 10.5 Å². The molecule has 2 aromatic carbocycles. The molecule has 0 spiro atoms. The van der Waals surface area contributed by atoms with Crippen molar-refractivity contribution in [3.63, 3.8) is 0 Å². The number of benzene rings is 2. The molecule has 4 heteroatoms. The summed E-state index contributed by atoms with van der Waals surface area (Å²) in [5.41, 5.74) is 7.03. The quantitative estimate of drug-likeness (QED) is 0.745. The van der Waals surface area contributed by atoms with Crippen molar-refractivity contribution in [2.75, 3.05) is 0 Å². The molecule has 0 amide bonds. The predicted molar refractivity (Wildman–Crippen MR) is 82.2 cm³/mol. The lowest BCUT2D eigenvalue weighted by atomic mass is 9.79. The lowest BCUT2D eigenvalue weighted by Gasteiger charge is -2.34. The second kappa shape index (κ2) is 4.90. The second-order valence-corrected chi connectivity index (χ2v) is 5.43. The van der Waals surface area contributed by atoms with E-state index in [4.69, 9.17) is 14.9 Å². The van der Waals surface area contributed by atoms with Crippen LogP contribution in [0.15, 0.2) is 59.2 Å². The Kier molecular flexibility index (Phi) is 2.88. The Hall–Kier alpha value is -2.77. The van der Waals surface area contributed by atoms with Crippen molar-refractivity contribution in [3.05, 3.63) is 66.1 Å². The molecule has 4 rings (SSSR count). The van der Waals surface area contributed by atoms with E-state index in [1.807, 2.05) is 48.5 Å². The van der Waals surface area contributed by atoms with Crippen molar-refractivity contribution in [1.29, 1.82) is 5.26 Å². The molecule has 0 radical (unpaired) electrons. The maximum atomic E-state index is 9.58. The average Bonchev–Trinajstić information content (AvgIpc) is 3.07. The van der Waals surface area contributed by atoms with Gasteiger partial charge in [0.2, 0.25) is 0 Å². The molecular formula is C18H14N2O2. The Morgan fingerprint density at radius 2 is 1.91 bits per heavy atom. The first kappa shape index (κ1) is 12.9. The zero-order valence-electron chi connectivity index (χ0n) is 11.8. The Bertz CT molecular complexity index is 864. The molecule has 108 valence electrons. The van der Waals surface area contributed by atoms with Gasteiger partial charge in [0.05, 0.1) is 18.3 Å². The number of hydrogen-bond acceptors (Lipinski definition) is 4. The zero-order chi connectivity index (χ0) is 15.1. The summed E-state index contributed by atoms with van der Waals surface area (Å²) in [5.74, 6) is 0.733. The fraction of sp³-hybridized carbons (Fsp3) is 0.167. The molecule has 2 heterocycles. The third kappa shape index (κ3) is 1.80. The van der Waals surface area contributed by atoms with Crippen LogP contribution in [0.1, 0.15) is 17.2 Å². The van der Waals surface area contributed by atoms with E-state index in [9.17, 15) is 5.26 Å². The Morgan fingerprint density at radius 1 is 1.05 bits per heavy atom. The number of hydrogen-bond donors (Lipinski definition) is 1. The third-order valence-corrected chi connectivity index (χ3v) is 4.22. The van der Waals surface area contributed by atoms with Gasteiger partial charge in [-0.2, -0.15) is 5.26 Å². The molecule has 3 unspecified atom stereocenters. The minimum atomic E-state index is -0.672. The highest BCUT2D eigenvalue weighted by atomic mass is 16.5. The van der Waals surface area contributed by atoms with Crippen molar-refractivity contribution in [3.8, 4) is 11.8 Å². The standard InChI is InChI=1S/C18H14N2O2/c19-10-13-17(14-6-3-9-21-14)16-12-5-2-1-4-11(12)7-8-15(16)22-18(13)20/h1-9,13,17-18H,20H2. The largest absolute Gasteiger partial charge is 0.474 e. The Balaban J connectivity index is 2.04. The normalized spacial score (nSPS) is 23.5. The molecule has 0 bridgehead atoms. The minimum absolute atomic E-state index is 0.232. The van der Waals surface area contributed by atoms with E-state index in [0.29, 0.717) is 0 Å². The highest BCUT2D eigenvalue weighted by Crippen LogP contribution is 2.46. The van der Waals surface area contributed by atoms with Gasteiger partial charge in [-0.05, 0) is 29.0 Å². The van der Waals surface area contributed by atoms with Crippen LogP contribution in [0.4, 0.5) is 0 Å². The fourth-order valence-electron chi connectivity index (χ4n) is 3.22. The van der Waals surface area contributed by atoms with Gasteiger partial charge in [-0.25, -0.2) is 0 Å². The third-order valence-electron chi connectivity index (χ3n) is 4.22. The van der Waals surface area contributed by atoms with Crippen LogP contribution in [0.25, 0.3) is 10.8 Å². The second-order valence-electron chi connectivity index (χ2n) is 5.43. The van der Waals surface area contributed by atoms with Crippen LogP contribution in [0, 0.1) is 17.2 Å². The smallest absolute Gasteiger partial charge is 0.164 e. The molecule has 1 aromatic heterocycles. The topological polar surface area (TPSA) is 72.2 Å². The number of nitriles is 1. The maximum Gasteiger partial charge on any atom is 0.164 e. The van der Waals surface area contributed by atoms with Crippen LogP contribution in [-0.2, 0) is 0 Å². The highest BCUT2D eigenvalue weighted by molar-refractivity contribution is 5.89. The molecule has 3 aromatic rings. The Morgan fingerprint density at radius 3 is 2.68 bits per heavy atom. The molecule has 22 heavy (non-hydrogen) atoms. The number of nitrogens with two attached hydrogens (primary N) is 1. The highest BCUT2D eigenvalue weighted by Gasteiger charge is 2.40. The molecule has 0 fully saturated rings. The van der Waals surface area contributed by atoms with Crippen LogP contribution in [0.3, 0.4) is 0 Å². The molecule has 0 saturated carbocycles. The fourth-order valence-corrected chi connectivity index (χ4v) is 3.22. The molecule has 1 aliphatic heterocycles. The van der Waals surface area contributed by atoms with E-state index in [2.05, 4.69) is 6.07 Å². The van der Waals surface area contributed by atoms with E-state index in [0.717, 1.165) is 27.8 Å². The summed E-state index contributed by atoms with van der Waals surface area (Å²) in [6, 6.07) is 18.0. The number of fused-ring (bicyclic) bond motifs is 3. The van der Waals surface area contributed by atoms with E-state index in [1.54, 1.807) is 6.26 Å². The minimum Gasteiger partial charge on any atom is -0.474 e. The van der Waals surface area contributed by atoms with Crippen molar-refractivity contribution >= 4 is 10.8 Å². The molecule has 2 N–H and O–H groups in total. The lowest BCUT2D eigenvalue weighted by Crippen LogP contribution is -2.42. The summed E-state index contributed by atoms with van der Waals surface area (Å²) in [6.07, 6.45) is 0.948. The lowest BCUT2D eigenvalue weighted by molar-refractivity contribution is 0.130. The number of rotatable bonds is 1. The van der Waals surface area contributed by atoms with Crippen molar-refractivity contribution in [1.82, 2.24) is 0 Å². The molecule has 0 saturated heterocycles. The summed E-state index contributed by atoms with van der Waals surface area (Å²) in [7, 11) is 0. The summed E-state index contributed by atoms with van der Waals surface area (Å²) < 4.78 is 11.4. The first-order valence-corrected chi connectivity index (χ1v) is 7.16. The van der Waals surface area contributed by atoms with Crippen molar-refractivity contribution in [2.45, 2.75) is 12.1 Å². The van der Waals surface area contributed by atoms with Gasteiger partial charge in [0.15, 0.2) is 6.23 Å². The van der Waals surface area contributed by atoms with Gasteiger partial charge < -0.3 is 9.15 Å². The van der Waals surface area contributed by atoms with Gasteiger partial charge in [0.1, 0.15) is 17.4 Å². The molecule has 1 aliphatic rings. The summed E-state index contributed by atoms with van der Waals surface area (Å²) >= 11 is 0. The van der Waals surface area contributed by atoms with Gasteiger partial charge in [0.25, 0.3) is 0 Å². The molecule has 3 atom stereocenters. The van der Waals surface area contributed by atoms with Crippen LogP contribution in [-0.4, -0.2) is 6.23 Å². The average molecular weight is 290 g/mol. The summed E-state index contributed by atoms with van der Waals surface area (Å²) in [6.45, 7) is 0. The van der Waals surface area contributed by atoms with Crippen LogP contribution in [0.2, 0.25) is 0 Å². The number of furan rings is 1. The SMILES string of the molecule is N#CC1C(N)Oc2ccc3ccccc3c2C1c1ccco1. The molecule has 0 aliphatic carbocycles. The van der Waals surface area contributed by atoms with Crippen molar-refractivity contribution in [2.24, 2.45) is 11.7 Å². The number of nitrogens with zero attached hydrogens (tertiary/aromatic N) is 1. The first-order chi connectivity index (χ1) is 10.8. The van der Waals surface area contributed by atoms with E-state index in [-0.39, 0.29) is 5.92 Å². The maximum absolute atomic E-state index is 9.58. The summed E-state index contributed by atoms with van der Waals surface area (Å²) in [5, 5.41) is 11.7. The van der Waals surface area contributed by atoms with Gasteiger partial charge in [-0.3, -0.25) is 5.73 Å².